The highest BCUT2D eigenvalue weighted by molar-refractivity contribution is 7.92. The molecule has 0 aliphatic rings. The third kappa shape index (κ3) is 5.20. The van der Waals surface area contributed by atoms with Crippen molar-refractivity contribution in [2.24, 2.45) is 0 Å². The number of hydrogen-bond acceptors (Lipinski definition) is 4. The first-order chi connectivity index (χ1) is 8.97. The molecule has 0 heterocycles. The van der Waals surface area contributed by atoms with Gasteiger partial charge in [-0.15, -0.1) is 0 Å². The molecule has 0 radical (unpaired) electrons. The number of nitrogens with one attached hydrogen (secondary N) is 1. The van der Waals surface area contributed by atoms with Gasteiger partial charge in [-0.3, -0.25) is 0 Å². The van der Waals surface area contributed by atoms with Crippen LogP contribution in [0.1, 0.15) is 19.4 Å². The highest BCUT2D eigenvalue weighted by atomic mass is 32.2. The Hall–Kier alpha value is -1.07. The molecule has 0 saturated carbocycles. The van der Waals surface area contributed by atoms with E-state index in [1.165, 1.54) is 0 Å². The van der Waals surface area contributed by atoms with Crippen molar-refractivity contribution < 1.29 is 13.2 Å². The third-order valence-electron chi connectivity index (χ3n) is 3.01. The zero-order chi connectivity index (χ0) is 14.3. The summed E-state index contributed by atoms with van der Waals surface area (Å²) >= 11 is 0. The number of para-hydroxylation sites is 1. The van der Waals surface area contributed by atoms with E-state index < -0.39 is 9.84 Å². The van der Waals surface area contributed by atoms with Crippen LogP contribution in [-0.2, 0) is 21.0 Å². The van der Waals surface area contributed by atoms with E-state index >= 15 is 0 Å². The van der Waals surface area contributed by atoms with E-state index in [2.05, 4.69) is 5.32 Å². The van der Waals surface area contributed by atoms with Gasteiger partial charge < -0.3 is 10.1 Å². The van der Waals surface area contributed by atoms with Gasteiger partial charge in [0.05, 0.1) is 17.6 Å². The largest absolute Gasteiger partial charge is 0.384 e. The van der Waals surface area contributed by atoms with Gasteiger partial charge in [0.15, 0.2) is 9.84 Å². The van der Waals surface area contributed by atoms with Crippen molar-refractivity contribution >= 4 is 15.5 Å². The summed E-state index contributed by atoms with van der Waals surface area (Å²) in [5, 5.41) is 2.88. The summed E-state index contributed by atoms with van der Waals surface area (Å²) in [5.41, 5.74) is 2.13. The minimum absolute atomic E-state index is 0.156. The molecule has 0 unspecified atom stereocenters. The van der Waals surface area contributed by atoms with E-state index in [0.29, 0.717) is 13.2 Å². The topological polar surface area (TPSA) is 55.4 Å². The van der Waals surface area contributed by atoms with E-state index in [1.54, 1.807) is 21.0 Å². The van der Waals surface area contributed by atoms with Crippen molar-refractivity contribution in [3.8, 4) is 0 Å². The number of methoxy groups -OCH3 is 1. The maximum atomic E-state index is 11.7. The van der Waals surface area contributed by atoms with E-state index in [9.17, 15) is 8.42 Å². The lowest BCUT2D eigenvalue weighted by Crippen LogP contribution is -2.23. The van der Waals surface area contributed by atoms with E-state index in [0.717, 1.165) is 17.7 Å². The van der Waals surface area contributed by atoms with Crippen molar-refractivity contribution in [2.75, 3.05) is 31.3 Å². The number of ether oxygens (including phenoxy) is 1. The average molecular weight is 285 g/mol. The van der Waals surface area contributed by atoms with Gasteiger partial charge in [0.25, 0.3) is 0 Å². The van der Waals surface area contributed by atoms with Crippen LogP contribution in [0.15, 0.2) is 24.3 Å². The average Bonchev–Trinajstić information content (AvgIpc) is 2.37. The van der Waals surface area contributed by atoms with Gasteiger partial charge in [0, 0.05) is 19.3 Å². The molecular formula is C14H23NO3S. The molecule has 1 rings (SSSR count). The van der Waals surface area contributed by atoms with Crippen molar-refractivity contribution in [1.82, 2.24) is 0 Å². The number of anilines is 1. The molecule has 0 aliphatic carbocycles. The van der Waals surface area contributed by atoms with Crippen LogP contribution in [0.25, 0.3) is 0 Å². The standard InChI is InChI=1S/C14H23NO3S/c1-12(2)19(16,17)11-9-15-14-7-5-4-6-13(14)8-10-18-3/h4-7,12,15H,8-11H2,1-3H3. The van der Waals surface area contributed by atoms with Gasteiger partial charge in [-0.25, -0.2) is 8.42 Å². The van der Waals surface area contributed by atoms with Crippen LogP contribution in [-0.4, -0.2) is 39.7 Å². The molecule has 4 nitrogen and oxygen atoms in total. The van der Waals surface area contributed by atoms with Crippen LogP contribution < -0.4 is 5.32 Å². The van der Waals surface area contributed by atoms with Crippen LogP contribution in [0.5, 0.6) is 0 Å². The molecule has 108 valence electrons. The Morgan fingerprint density at radius 1 is 1.26 bits per heavy atom. The first-order valence-electron chi connectivity index (χ1n) is 6.49. The molecule has 0 amide bonds. The van der Waals surface area contributed by atoms with Crippen LogP contribution in [0.4, 0.5) is 5.69 Å². The first kappa shape index (κ1) is 16.0. The summed E-state index contributed by atoms with van der Waals surface area (Å²) in [6, 6.07) is 7.90. The summed E-state index contributed by atoms with van der Waals surface area (Å²) < 4.78 is 28.5. The van der Waals surface area contributed by atoms with Gasteiger partial charge in [0.2, 0.25) is 0 Å². The number of rotatable bonds is 8. The first-order valence-corrected chi connectivity index (χ1v) is 8.21. The molecule has 0 bridgehead atoms. The molecule has 19 heavy (non-hydrogen) atoms. The molecule has 0 atom stereocenters. The molecule has 1 aromatic rings. The second-order valence-corrected chi connectivity index (χ2v) is 7.42. The smallest absolute Gasteiger partial charge is 0.154 e. The molecular weight excluding hydrogens is 262 g/mol. The number of benzene rings is 1. The molecule has 0 aromatic heterocycles. The Morgan fingerprint density at radius 3 is 2.58 bits per heavy atom. The van der Waals surface area contributed by atoms with E-state index in [4.69, 9.17) is 4.74 Å². The monoisotopic (exact) mass is 285 g/mol. The highest BCUT2D eigenvalue weighted by Gasteiger charge is 2.15. The SMILES string of the molecule is COCCc1ccccc1NCCS(=O)(=O)C(C)C. The van der Waals surface area contributed by atoms with Crippen molar-refractivity contribution in [1.29, 1.82) is 0 Å². The summed E-state index contributed by atoms with van der Waals surface area (Å²) in [5.74, 6) is 0.156. The van der Waals surface area contributed by atoms with Crippen LogP contribution in [0.2, 0.25) is 0 Å². The fourth-order valence-corrected chi connectivity index (χ4v) is 2.54. The predicted molar refractivity (Wildman–Crippen MR) is 79.4 cm³/mol. The van der Waals surface area contributed by atoms with Crippen LogP contribution in [0, 0.1) is 0 Å². The summed E-state index contributed by atoms with van der Waals surface area (Å²) in [6.07, 6.45) is 0.816. The maximum absolute atomic E-state index is 11.7. The van der Waals surface area contributed by atoms with E-state index in [-0.39, 0.29) is 11.0 Å². The van der Waals surface area contributed by atoms with E-state index in [1.807, 2.05) is 24.3 Å². The lowest BCUT2D eigenvalue weighted by molar-refractivity contribution is 0.202. The number of sulfone groups is 1. The summed E-state index contributed by atoms with van der Waals surface area (Å²) in [6.45, 7) is 4.51. The normalized spacial score (nSPS) is 11.8. The maximum Gasteiger partial charge on any atom is 0.154 e. The molecule has 0 fully saturated rings. The van der Waals surface area contributed by atoms with Gasteiger partial charge in [0.1, 0.15) is 0 Å². The number of hydrogen-bond donors (Lipinski definition) is 1. The molecule has 0 spiro atoms. The second-order valence-electron chi connectivity index (χ2n) is 4.74. The molecule has 0 saturated heterocycles. The second kappa shape index (κ2) is 7.50. The predicted octanol–water partition coefficient (Wildman–Crippen LogP) is 2.11. The van der Waals surface area contributed by atoms with Crippen molar-refractivity contribution in [3.05, 3.63) is 29.8 Å². The highest BCUT2D eigenvalue weighted by Crippen LogP contribution is 2.15. The van der Waals surface area contributed by atoms with Crippen LogP contribution in [0.3, 0.4) is 0 Å². The quantitative estimate of drug-likeness (QED) is 0.795. The van der Waals surface area contributed by atoms with Gasteiger partial charge >= 0.3 is 0 Å². The molecule has 0 aliphatic heterocycles. The lowest BCUT2D eigenvalue weighted by atomic mass is 10.1. The Kier molecular flexibility index (Phi) is 6.31. The summed E-state index contributed by atoms with van der Waals surface area (Å²) in [4.78, 5) is 0. The van der Waals surface area contributed by atoms with Gasteiger partial charge in [-0.2, -0.15) is 0 Å². The Bertz CT molecular complexity index is 483. The van der Waals surface area contributed by atoms with Gasteiger partial charge in [-0.05, 0) is 31.9 Å². The summed E-state index contributed by atoms with van der Waals surface area (Å²) in [7, 11) is -1.31. The minimum Gasteiger partial charge on any atom is -0.384 e. The third-order valence-corrected chi connectivity index (χ3v) is 5.22. The molecule has 1 aromatic carbocycles. The van der Waals surface area contributed by atoms with Crippen molar-refractivity contribution in [3.63, 3.8) is 0 Å². The molecule has 1 N–H and O–H groups in total. The zero-order valence-electron chi connectivity index (χ0n) is 11.8. The Balaban J connectivity index is 2.58. The fraction of sp³-hybridized carbons (Fsp3) is 0.571. The minimum atomic E-state index is -2.99. The molecule has 5 heteroatoms. The zero-order valence-corrected chi connectivity index (χ0v) is 12.7. The lowest BCUT2D eigenvalue weighted by Gasteiger charge is -2.13. The van der Waals surface area contributed by atoms with Crippen LogP contribution >= 0.6 is 0 Å². The van der Waals surface area contributed by atoms with Crippen molar-refractivity contribution in [2.45, 2.75) is 25.5 Å². The Morgan fingerprint density at radius 2 is 1.95 bits per heavy atom. The van der Waals surface area contributed by atoms with Gasteiger partial charge in [-0.1, -0.05) is 18.2 Å². The Labute approximate surface area is 116 Å². The fourth-order valence-electron chi connectivity index (χ4n) is 1.69.